The van der Waals surface area contributed by atoms with Crippen molar-refractivity contribution in [3.8, 4) is 0 Å². The molecular weight excluding hydrogens is 238 g/mol. The summed E-state index contributed by atoms with van der Waals surface area (Å²) in [5.74, 6) is 0.610. The molecule has 102 valence electrons. The summed E-state index contributed by atoms with van der Waals surface area (Å²) < 4.78 is 2.12. The lowest BCUT2D eigenvalue weighted by Gasteiger charge is -2.28. The van der Waals surface area contributed by atoms with E-state index in [1.807, 2.05) is 18.5 Å². The number of pyridine rings is 1. The van der Waals surface area contributed by atoms with Crippen molar-refractivity contribution in [2.45, 2.75) is 38.8 Å². The molecule has 0 spiro atoms. The molecule has 1 aliphatic rings. The Hall–Kier alpha value is -1.39. The Morgan fingerprint density at radius 3 is 3.00 bits per heavy atom. The molecule has 0 saturated heterocycles. The zero-order valence-corrected chi connectivity index (χ0v) is 11.6. The van der Waals surface area contributed by atoms with Crippen molar-refractivity contribution >= 4 is 5.65 Å². The van der Waals surface area contributed by atoms with E-state index in [0.717, 1.165) is 17.9 Å². The SMILES string of the molecule is Cc1cccn2c(CNC(C)(CO)C3CC3)cnc12. The van der Waals surface area contributed by atoms with Crippen molar-refractivity contribution in [1.29, 1.82) is 0 Å². The Morgan fingerprint density at radius 1 is 1.53 bits per heavy atom. The summed E-state index contributed by atoms with van der Waals surface area (Å²) in [6.07, 6.45) is 6.40. The summed E-state index contributed by atoms with van der Waals surface area (Å²) in [5.41, 5.74) is 3.17. The van der Waals surface area contributed by atoms with Gasteiger partial charge in [-0.15, -0.1) is 0 Å². The maximum Gasteiger partial charge on any atom is 0.139 e. The molecule has 0 aliphatic heterocycles. The van der Waals surface area contributed by atoms with Crippen LogP contribution in [-0.2, 0) is 6.54 Å². The fourth-order valence-electron chi connectivity index (χ4n) is 2.68. The highest BCUT2D eigenvalue weighted by Crippen LogP contribution is 2.39. The molecule has 0 radical (unpaired) electrons. The summed E-state index contributed by atoms with van der Waals surface area (Å²) in [7, 11) is 0. The zero-order chi connectivity index (χ0) is 13.5. The standard InChI is InChI=1S/C15H21N3O/c1-11-4-3-7-18-13(8-16-14(11)18)9-17-15(2,10-19)12-5-6-12/h3-4,7-8,12,17,19H,5-6,9-10H2,1-2H3. The molecule has 0 bridgehead atoms. The normalized spacial score (nSPS) is 18.7. The molecule has 2 heterocycles. The first-order valence-corrected chi connectivity index (χ1v) is 6.91. The van der Waals surface area contributed by atoms with E-state index in [9.17, 15) is 5.11 Å². The number of aromatic nitrogens is 2. The van der Waals surface area contributed by atoms with E-state index in [4.69, 9.17) is 0 Å². The summed E-state index contributed by atoms with van der Waals surface area (Å²) in [4.78, 5) is 4.47. The van der Waals surface area contributed by atoms with Gasteiger partial charge in [-0.25, -0.2) is 4.98 Å². The molecule has 1 unspecified atom stereocenters. The molecule has 19 heavy (non-hydrogen) atoms. The minimum atomic E-state index is -0.159. The highest BCUT2D eigenvalue weighted by molar-refractivity contribution is 5.48. The molecule has 1 atom stereocenters. The van der Waals surface area contributed by atoms with Crippen molar-refractivity contribution in [3.05, 3.63) is 35.8 Å². The quantitative estimate of drug-likeness (QED) is 0.862. The summed E-state index contributed by atoms with van der Waals surface area (Å²) in [6.45, 7) is 5.10. The Labute approximate surface area is 113 Å². The lowest BCUT2D eigenvalue weighted by atomic mass is 9.97. The average Bonchev–Trinajstić information content (AvgIpc) is 3.19. The van der Waals surface area contributed by atoms with Gasteiger partial charge in [0.25, 0.3) is 0 Å². The van der Waals surface area contributed by atoms with Crippen LogP contribution in [0, 0.1) is 12.8 Å². The molecule has 2 aromatic heterocycles. The third kappa shape index (κ3) is 2.26. The van der Waals surface area contributed by atoms with Gasteiger partial charge in [-0.05, 0) is 44.2 Å². The second-order valence-corrected chi connectivity index (χ2v) is 5.84. The van der Waals surface area contributed by atoms with Crippen LogP contribution in [0.4, 0.5) is 0 Å². The number of hydrogen-bond donors (Lipinski definition) is 2. The monoisotopic (exact) mass is 259 g/mol. The molecule has 1 saturated carbocycles. The second-order valence-electron chi connectivity index (χ2n) is 5.84. The van der Waals surface area contributed by atoms with Gasteiger partial charge >= 0.3 is 0 Å². The second kappa shape index (κ2) is 4.62. The molecule has 3 rings (SSSR count). The molecule has 0 amide bonds. The minimum absolute atomic E-state index is 0.159. The fraction of sp³-hybridized carbons (Fsp3) is 0.533. The third-order valence-electron chi connectivity index (χ3n) is 4.29. The maximum absolute atomic E-state index is 9.60. The van der Waals surface area contributed by atoms with Gasteiger partial charge in [0, 0.05) is 18.3 Å². The van der Waals surface area contributed by atoms with Gasteiger partial charge in [0.05, 0.1) is 18.5 Å². The van der Waals surface area contributed by atoms with Crippen LogP contribution in [0.1, 0.15) is 31.0 Å². The van der Waals surface area contributed by atoms with E-state index in [-0.39, 0.29) is 12.1 Å². The Morgan fingerprint density at radius 2 is 2.32 bits per heavy atom. The van der Waals surface area contributed by atoms with Crippen LogP contribution in [0.2, 0.25) is 0 Å². The lowest BCUT2D eigenvalue weighted by molar-refractivity contribution is 0.153. The van der Waals surface area contributed by atoms with E-state index < -0.39 is 0 Å². The summed E-state index contributed by atoms with van der Waals surface area (Å²) in [6, 6.07) is 4.11. The fourth-order valence-corrected chi connectivity index (χ4v) is 2.68. The molecule has 0 aromatic carbocycles. The number of aryl methyl sites for hydroxylation is 1. The smallest absolute Gasteiger partial charge is 0.139 e. The van der Waals surface area contributed by atoms with Crippen molar-refractivity contribution < 1.29 is 5.11 Å². The van der Waals surface area contributed by atoms with Gasteiger partial charge in [-0.2, -0.15) is 0 Å². The number of hydrogen-bond acceptors (Lipinski definition) is 3. The largest absolute Gasteiger partial charge is 0.394 e. The third-order valence-corrected chi connectivity index (χ3v) is 4.29. The van der Waals surface area contributed by atoms with Gasteiger partial charge in [-0.1, -0.05) is 6.07 Å². The average molecular weight is 259 g/mol. The molecule has 4 heteroatoms. The number of nitrogens with one attached hydrogen (secondary N) is 1. The topological polar surface area (TPSA) is 49.6 Å². The molecule has 4 nitrogen and oxygen atoms in total. The van der Waals surface area contributed by atoms with Crippen LogP contribution in [-0.4, -0.2) is 26.6 Å². The van der Waals surface area contributed by atoms with Crippen LogP contribution < -0.4 is 5.32 Å². The zero-order valence-electron chi connectivity index (χ0n) is 11.6. The van der Waals surface area contributed by atoms with Crippen molar-refractivity contribution in [1.82, 2.24) is 14.7 Å². The summed E-state index contributed by atoms with van der Waals surface area (Å²) >= 11 is 0. The van der Waals surface area contributed by atoms with Crippen molar-refractivity contribution in [2.24, 2.45) is 5.92 Å². The summed E-state index contributed by atoms with van der Waals surface area (Å²) in [5, 5.41) is 13.1. The first kappa shape index (κ1) is 12.6. The number of aliphatic hydroxyl groups excluding tert-OH is 1. The predicted octanol–water partition coefficient (Wildman–Crippen LogP) is 1.89. The van der Waals surface area contributed by atoms with E-state index in [1.54, 1.807) is 0 Å². The number of nitrogens with zero attached hydrogens (tertiary/aromatic N) is 2. The van der Waals surface area contributed by atoms with Gasteiger partial charge in [0.1, 0.15) is 5.65 Å². The molecular formula is C15H21N3O. The van der Waals surface area contributed by atoms with Gasteiger partial charge in [-0.3, -0.25) is 0 Å². The molecule has 1 fully saturated rings. The highest BCUT2D eigenvalue weighted by Gasteiger charge is 2.40. The number of rotatable bonds is 5. The van der Waals surface area contributed by atoms with Crippen LogP contribution in [0.15, 0.2) is 24.5 Å². The van der Waals surface area contributed by atoms with E-state index in [0.29, 0.717) is 5.92 Å². The minimum Gasteiger partial charge on any atom is -0.394 e. The van der Waals surface area contributed by atoms with Crippen molar-refractivity contribution in [3.63, 3.8) is 0 Å². The number of imidazole rings is 1. The van der Waals surface area contributed by atoms with Crippen LogP contribution in [0.5, 0.6) is 0 Å². The van der Waals surface area contributed by atoms with Gasteiger partial charge < -0.3 is 14.8 Å². The number of aliphatic hydroxyl groups is 1. The Bertz CT molecular complexity index is 588. The molecule has 2 aromatic rings. The van der Waals surface area contributed by atoms with Gasteiger partial charge in [0.2, 0.25) is 0 Å². The predicted molar refractivity (Wildman–Crippen MR) is 75.0 cm³/mol. The van der Waals surface area contributed by atoms with Crippen LogP contribution in [0.25, 0.3) is 5.65 Å². The first-order valence-electron chi connectivity index (χ1n) is 6.91. The van der Waals surface area contributed by atoms with E-state index in [1.165, 1.54) is 18.4 Å². The van der Waals surface area contributed by atoms with Crippen LogP contribution >= 0.6 is 0 Å². The van der Waals surface area contributed by atoms with E-state index >= 15 is 0 Å². The molecule has 2 N–H and O–H groups in total. The van der Waals surface area contributed by atoms with E-state index in [2.05, 4.69) is 34.6 Å². The van der Waals surface area contributed by atoms with Gasteiger partial charge in [0.15, 0.2) is 0 Å². The lowest BCUT2D eigenvalue weighted by Crippen LogP contribution is -2.47. The highest BCUT2D eigenvalue weighted by atomic mass is 16.3. The Kier molecular flexibility index (Phi) is 3.07. The van der Waals surface area contributed by atoms with Crippen LogP contribution in [0.3, 0.4) is 0 Å². The maximum atomic E-state index is 9.60. The Balaban J connectivity index is 1.80. The molecule has 1 aliphatic carbocycles. The number of fused-ring (bicyclic) bond motifs is 1. The van der Waals surface area contributed by atoms with Crippen molar-refractivity contribution in [2.75, 3.05) is 6.61 Å². The first-order chi connectivity index (χ1) is 9.14.